The van der Waals surface area contributed by atoms with Crippen LogP contribution in [0, 0.1) is 117 Å². The molecule has 0 saturated heterocycles. The topological polar surface area (TPSA) is 445 Å². The molecule has 50 heteroatoms. The first-order valence-corrected chi connectivity index (χ1v) is 42.5. The number of anilines is 15. The molecule has 0 bridgehead atoms. The van der Waals surface area contributed by atoms with Crippen molar-refractivity contribution in [2.24, 2.45) is 0 Å². The molecule has 12 heterocycles. The molecular weight excluding hydrogens is 1930 g/mol. The van der Waals surface area contributed by atoms with Crippen molar-refractivity contribution in [3.63, 3.8) is 0 Å². The van der Waals surface area contributed by atoms with E-state index in [9.17, 15) is 70.2 Å². The number of fused-ring (bicyclic) bond motifs is 6. The fraction of sp³-hybridized carbons (Fsp3) is 0.105. The van der Waals surface area contributed by atoms with Gasteiger partial charge in [0.25, 0.3) is 0 Å². The van der Waals surface area contributed by atoms with Crippen LogP contribution in [0.15, 0.2) is 188 Å². The Morgan fingerprint density at radius 2 is 0.690 bits per heavy atom. The van der Waals surface area contributed by atoms with Crippen molar-refractivity contribution in [3.05, 3.63) is 304 Å². The lowest BCUT2D eigenvalue weighted by atomic mass is 10.2. The van der Waals surface area contributed by atoms with E-state index in [1.807, 2.05) is 50.4 Å². The second-order valence-corrected chi connectivity index (χ2v) is 31.5. The van der Waals surface area contributed by atoms with Gasteiger partial charge >= 0.3 is 6.18 Å². The molecule has 0 amide bonds. The Hall–Kier alpha value is -19.0. The third kappa shape index (κ3) is 20.3. The van der Waals surface area contributed by atoms with Gasteiger partial charge in [-0.15, -0.1) is 0 Å². The zero-order valence-electron chi connectivity index (χ0n) is 76.1. The molecule has 1 aliphatic heterocycles. The number of ether oxygens (including phenoxy) is 4. The maximum absolute atomic E-state index is 14.6. The Morgan fingerprint density at radius 1 is 0.338 bits per heavy atom. The second-order valence-electron chi connectivity index (χ2n) is 31.5. The SMILES string of the molecule is COc1ccc(Nc2nc(-c3c(C)nn4ccccc34)nc(N)c2F)cc1.COc1ccc(Nc2nc(-n3c(C)nc4c(F)cc(F)cc43)nc(N)c2F)cc1.Cc1ccc(Nc2nc(-n3c(C)nc4c(F)cc(F)cc43)nc(N)c2F)cc1.Cc1nc2c(F)cc(F)cc2n1-c1nc(N)c(F)c(Nc2ccc3c(c2)OCO3)n1.Cc1nc2cc(F)cc(F)c2n1-c1nc(N)c(F)c(Nc2ccc(C(F)(F)F)cc2)n1. The lowest BCUT2D eigenvalue weighted by Gasteiger charge is -2.13. The van der Waals surface area contributed by atoms with Crippen molar-refractivity contribution in [3.8, 4) is 58.2 Å². The molecule has 11 aromatic heterocycles. The van der Waals surface area contributed by atoms with Crippen LogP contribution in [0.4, 0.5) is 157 Å². The monoisotopic (exact) mass is 2000 g/mol. The number of aromatic nitrogens is 20. The summed E-state index contributed by atoms with van der Waals surface area (Å²) >= 11 is 0. The maximum atomic E-state index is 14.6. The Bertz CT molecular complexity index is 8430. The van der Waals surface area contributed by atoms with Crippen molar-refractivity contribution in [1.29, 1.82) is 0 Å². The van der Waals surface area contributed by atoms with Gasteiger partial charge in [0.05, 0.1) is 58.6 Å². The fourth-order valence-corrected chi connectivity index (χ4v) is 14.9. The third-order valence-electron chi connectivity index (χ3n) is 21.6. The van der Waals surface area contributed by atoms with Crippen LogP contribution in [-0.2, 0) is 6.18 Å². The second kappa shape index (κ2) is 39.7. The zero-order valence-corrected chi connectivity index (χ0v) is 76.1. The number of nitrogens with zero attached hydrogens (tertiary/aromatic N) is 20. The van der Waals surface area contributed by atoms with Crippen molar-refractivity contribution < 1.29 is 89.2 Å². The van der Waals surface area contributed by atoms with E-state index in [0.717, 1.165) is 88.1 Å². The molecular formula is C95H72F16N30O4. The molecule has 0 saturated carbocycles. The number of alkyl halides is 3. The Balaban J connectivity index is 0.000000124. The molecule has 9 aromatic carbocycles. The van der Waals surface area contributed by atoms with Crippen LogP contribution in [0.1, 0.15) is 40.1 Å². The number of methoxy groups -OCH3 is 2. The number of nitrogens with one attached hydrogen (secondary N) is 5. The summed E-state index contributed by atoms with van der Waals surface area (Å²) in [4.78, 5) is 56.9. The molecule has 0 aliphatic carbocycles. The highest BCUT2D eigenvalue weighted by Crippen LogP contribution is 2.40. The van der Waals surface area contributed by atoms with E-state index in [1.54, 1.807) is 111 Å². The van der Waals surface area contributed by atoms with Crippen LogP contribution < -0.4 is 74.2 Å². The normalized spacial score (nSPS) is 11.5. The van der Waals surface area contributed by atoms with Gasteiger partial charge in [-0.05, 0) is 151 Å². The van der Waals surface area contributed by atoms with Crippen LogP contribution in [0.5, 0.6) is 23.0 Å². The van der Waals surface area contributed by atoms with Crippen LogP contribution in [0.2, 0.25) is 0 Å². The lowest BCUT2D eigenvalue weighted by Crippen LogP contribution is -2.11. The van der Waals surface area contributed by atoms with Crippen molar-refractivity contribution in [2.75, 3.05) is 76.3 Å². The zero-order chi connectivity index (χ0) is 103. The fourth-order valence-electron chi connectivity index (χ4n) is 14.9. The van der Waals surface area contributed by atoms with E-state index < -0.39 is 116 Å². The number of nitrogens with two attached hydrogens (primary N) is 5. The minimum absolute atomic E-state index is 0.00246. The number of nitrogen functional groups attached to an aromatic ring is 5. The van der Waals surface area contributed by atoms with Gasteiger partial charge in [0.15, 0.2) is 98.8 Å². The highest BCUT2D eigenvalue weighted by atomic mass is 19.4. The standard InChI is InChI=1S/C19H12F6N6.C19H13F3N6O2.C19H15F3N6O.C19H15F3N6.C19H17FN6O/c1-8-27-13-7-10(20)6-12(21)15(13)31(8)18-29-16(26)14(22)17(30-18)28-11-4-2-9(3-5-11)19(23,24)25;1-8-24-16-11(21)4-9(20)5-12(16)28(8)19-26-17(23)15(22)18(27-19)25-10-2-3-13-14(6-10)30-7-29-13;1-9-24-16-13(21)7-10(20)8-14(16)28(9)19-26-17(23)15(22)18(27-19)25-11-3-5-12(29-2)6-4-11;1-9-3-5-12(6-4-9)25-18-15(22)17(23)26-19(27-18)28-10(2)24-16-13(21)7-11(20)8-14(16)28;1-11-15(14-5-3-4-10-26(14)25-11)18-23-17(21)16(20)19(24-18)22-12-6-8-13(27-2)9-7-12/h2-7H,1H3,(H3,26,28,29,30);2-6H,7H2,1H3,(H3,23,25,26,27);3-8H,1-2H3,(H3,23,25,26,27);3-8H,1-2H3,(H3,23,25,26,27);3-10H,1-2H3,(H3,21,22,23,24). The van der Waals surface area contributed by atoms with Gasteiger partial charge in [0.1, 0.15) is 80.1 Å². The number of benzene rings is 9. The van der Waals surface area contributed by atoms with E-state index in [2.05, 4.69) is 101 Å². The minimum Gasteiger partial charge on any atom is -0.497 e. The summed E-state index contributed by atoms with van der Waals surface area (Å²) in [5.74, 6) is -10.9. The Labute approximate surface area is 805 Å². The first-order chi connectivity index (χ1) is 69.2. The van der Waals surface area contributed by atoms with Crippen LogP contribution in [-0.4, -0.2) is 119 Å². The number of rotatable bonds is 17. The predicted molar refractivity (Wildman–Crippen MR) is 506 cm³/mol. The molecule has 1 aliphatic rings. The summed E-state index contributed by atoms with van der Waals surface area (Å²) in [5.41, 5.74) is 33.3. The molecule has 145 heavy (non-hydrogen) atoms. The van der Waals surface area contributed by atoms with Crippen LogP contribution >= 0.6 is 0 Å². The Morgan fingerprint density at radius 3 is 1.10 bits per heavy atom. The summed E-state index contributed by atoms with van der Waals surface area (Å²) in [6.07, 6.45) is -2.70. The number of hydrogen-bond donors (Lipinski definition) is 10. The molecule has 0 radical (unpaired) electrons. The van der Waals surface area contributed by atoms with Crippen LogP contribution in [0.25, 0.3) is 84.8 Å². The summed E-state index contributed by atoms with van der Waals surface area (Å²) < 4.78 is 250. The summed E-state index contributed by atoms with van der Waals surface area (Å²) in [7, 11) is 3.11. The third-order valence-corrected chi connectivity index (χ3v) is 21.6. The molecule has 0 atom stereocenters. The van der Waals surface area contributed by atoms with E-state index in [1.165, 1.54) is 27.7 Å². The van der Waals surface area contributed by atoms with Crippen molar-refractivity contribution in [1.82, 2.24) is 97.7 Å². The largest absolute Gasteiger partial charge is 0.497 e. The van der Waals surface area contributed by atoms with Gasteiger partial charge in [0, 0.05) is 89.2 Å². The molecule has 0 spiro atoms. The van der Waals surface area contributed by atoms with Gasteiger partial charge in [-0.2, -0.15) is 80.1 Å². The van der Waals surface area contributed by atoms with E-state index in [0.29, 0.717) is 69.0 Å². The summed E-state index contributed by atoms with van der Waals surface area (Å²) in [5, 5.41) is 18.4. The van der Waals surface area contributed by atoms with Gasteiger partial charge in [-0.25, -0.2) is 69.5 Å². The summed E-state index contributed by atoms with van der Waals surface area (Å²) in [6, 6.07) is 42.5. The molecule has 0 fully saturated rings. The molecule has 738 valence electrons. The van der Waals surface area contributed by atoms with E-state index >= 15 is 0 Å². The summed E-state index contributed by atoms with van der Waals surface area (Å²) in [6.45, 7) is 10.1. The predicted octanol–water partition coefficient (Wildman–Crippen LogP) is 20.1. The molecule has 0 unspecified atom stereocenters. The molecule has 15 N–H and O–H groups in total. The van der Waals surface area contributed by atoms with E-state index in [-0.39, 0.29) is 127 Å². The van der Waals surface area contributed by atoms with Gasteiger partial charge in [-0.3, -0.25) is 18.3 Å². The number of aryl methyl sites for hydroxylation is 6. The van der Waals surface area contributed by atoms with Gasteiger partial charge in [0.2, 0.25) is 59.7 Å². The maximum Gasteiger partial charge on any atom is 0.416 e. The first kappa shape index (κ1) is 97.7. The lowest BCUT2D eigenvalue weighted by molar-refractivity contribution is -0.137. The Kier molecular flexibility index (Phi) is 26.8. The molecule has 21 rings (SSSR count). The quantitative estimate of drug-likeness (QED) is 0.0379. The van der Waals surface area contributed by atoms with E-state index in [4.69, 9.17) is 47.6 Å². The highest BCUT2D eigenvalue weighted by molar-refractivity contribution is 5.84. The van der Waals surface area contributed by atoms with Gasteiger partial charge in [-0.1, -0.05) is 23.8 Å². The first-order valence-electron chi connectivity index (χ1n) is 42.5. The average molecular weight is 2000 g/mol. The van der Waals surface area contributed by atoms with Crippen LogP contribution in [0.3, 0.4) is 0 Å². The van der Waals surface area contributed by atoms with Crippen molar-refractivity contribution in [2.45, 2.75) is 47.7 Å². The number of pyridine rings is 1. The number of imidazole rings is 4. The van der Waals surface area contributed by atoms with Crippen molar-refractivity contribution >= 4 is 136 Å². The minimum atomic E-state index is -4.53. The molecule has 34 nitrogen and oxygen atoms in total. The highest BCUT2D eigenvalue weighted by Gasteiger charge is 2.32. The smallest absolute Gasteiger partial charge is 0.416 e. The molecule has 20 aromatic rings. The average Bonchev–Trinajstić information content (AvgIpc) is 1.64. The number of halogens is 16. The number of hydrogen-bond acceptors (Lipinski definition) is 29. The van der Waals surface area contributed by atoms with Gasteiger partial charge < -0.3 is 74.2 Å².